The van der Waals surface area contributed by atoms with E-state index in [1.54, 1.807) is 0 Å². The lowest BCUT2D eigenvalue weighted by molar-refractivity contribution is 0.493. The highest BCUT2D eigenvalue weighted by atomic mass is 32.2. The second-order valence-electron chi connectivity index (χ2n) is 3.27. The molecule has 1 rings (SSSR count). The van der Waals surface area contributed by atoms with Crippen LogP contribution >= 0.6 is 0 Å². The van der Waals surface area contributed by atoms with E-state index >= 15 is 0 Å². The van der Waals surface area contributed by atoms with E-state index in [9.17, 15) is 17.2 Å². The molecule has 0 saturated carbocycles. The Balaban J connectivity index is 3.31. The van der Waals surface area contributed by atoms with Crippen molar-refractivity contribution in [2.75, 3.05) is 19.3 Å². The van der Waals surface area contributed by atoms with E-state index in [1.165, 1.54) is 7.05 Å². The number of sulfonamides is 1. The lowest BCUT2D eigenvalue weighted by Crippen LogP contribution is -2.27. The van der Waals surface area contributed by atoms with Crippen molar-refractivity contribution >= 4 is 15.7 Å². The first kappa shape index (κ1) is 13.4. The van der Waals surface area contributed by atoms with Crippen LogP contribution in [0.1, 0.15) is 0 Å². The van der Waals surface area contributed by atoms with Crippen molar-refractivity contribution in [1.82, 2.24) is 4.31 Å². The van der Waals surface area contributed by atoms with Gasteiger partial charge in [0.15, 0.2) is 11.6 Å². The Bertz CT molecular complexity index is 555. The van der Waals surface area contributed by atoms with Crippen molar-refractivity contribution in [3.63, 3.8) is 0 Å². The summed E-state index contributed by atoms with van der Waals surface area (Å²) < 4.78 is 50.4. The highest BCUT2D eigenvalue weighted by Gasteiger charge is 2.22. The van der Waals surface area contributed by atoms with Crippen LogP contribution in [-0.2, 0) is 10.0 Å². The third-order valence-corrected chi connectivity index (χ3v) is 3.83. The van der Waals surface area contributed by atoms with Crippen LogP contribution in [-0.4, -0.2) is 26.3 Å². The Kier molecular flexibility index (Phi) is 3.70. The molecule has 0 amide bonds. The van der Waals surface area contributed by atoms with E-state index in [4.69, 9.17) is 12.2 Å². The zero-order chi connectivity index (χ0) is 13.2. The molecular weight excluding hydrogens is 250 g/mol. The van der Waals surface area contributed by atoms with E-state index in [1.807, 2.05) is 0 Å². The van der Waals surface area contributed by atoms with Crippen molar-refractivity contribution in [3.8, 4) is 12.3 Å². The van der Waals surface area contributed by atoms with E-state index in [0.717, 1.165) is 10.4 Å². The molecule has 1 aromatic rings. The summed E-state index contributed by atoms with van der Waals surface area (Å²) in [6.45, 7) is -0.179. The molecule has 0 aromatic heterocycles. The fourth-order valence-corrected chi connectivity index (χ4v) is 2.26. The molecule has 0 spiro atoms. The Morgan fingerprint density at radius 2 is 2.06 bits per heavy atom. The van der Waals surface area contributed by atoms with Gasteiger partial charge < -0.3 is 5.73 Å². The minimum atomic E-state index is -3.96. The van der Waals surface area contributed by atoms with Crippen molar-refractivity contribution in [2.24, 2.45) is 0 Å². The van der Waals surface area contributed by atoms with Crippen LogP contribution in [0.2, 0.25) is 0 Å². The van der Waals surface area contributed by atoms with Gasteiger partial charge in [-0.25, -0.2) is 17.2 Å². The minimum Gasteiger partial charge on any atom is -0.396 e. The zero-order valence-corrected chi connectivity index (χ0v) is 9.76. The summed E-state index contributed by atoms with van der Waals surface area (Å²) in [4.78, 5) is -0.438. The summed E-state index contributed by atoms with van der Waals surface area (Å²) in [5.74, 6) is -0.464. The van der Waals surface area contributed by atoms with Crippen LogP contribution in [0.3, 0.4) is 0 Å². The predicted molar refractivity (Wildman–Crippen MR) is 59.4 cm³/mol. The molecular formula is C10H10F2N2O2S. The van der Waals surface area contributed by atoms with Gasteiger partial charge >= 0.3 is 0 Å². The zero-order valence-electron chi connectivity index (χ0n) is 8.94. The van der Waals surface area contributed by atoms with Crippen molar-refractivity contribution in [1.29, 1.82) is 0 Å². The maximum absolute atomic E-state index is 13.0. The smallest absolute Gasteiger partial charge is 0.243 e. The van der Waals surface area contributed by atoms with E-state index in [2.05, 4.69) is 5.92 Å². The van der Waals surface area contributed by atoms with Crippen molar-refractivity contribution < 1.29 is 17.2 Å². The van der Waals surface area contributed by atoms with Gasteiger partial charge in [-0.2, -0.15) is 4.31 Å². The molecule has 2 N–H and O–H groups in total. The minimum absolute atomic E-state index is 0.179. The second-order valence-corrected chi connectivity index (χ2v) is 5.32. The Morgan fingerprint density at radius 1 is 1.47 bits per heavy atom. The van der Waals surface area contributed by atoms with Crippen molar-refractivity contribution in [2.45, 2.75) is 4.90 Å². The quantitative estimate of drug-likeness (QED) is 0.646. The number of anilines is 1. The highest BCUT2D eigenvalue weighted by Crippen LogP contribution is 2.22. The van der Waals surface area contributed by atoms with E-state index < -0.39 is 32.2 Å². The largest absolute Gasteiger partial charge is 0.396 e. The van der Waals surface area contributed by atoms with Gasteiger partial charge in [0.25, 0.3) is 0 Å². The number of hydrogen-bond donors (Lipinski definition) is 1. The molecule has 4 nitrogen and oxygen atoms in total. The Hall–Kier alpha value is -1.65. The fourth-order valence-electron chi connectivity index (χ4n) is 1.13. The molecule has 0 aliphatic heterocycles. The maximum atomic E-state index is 13.0. The summed E-state index contributed by atoms with van der Waals surface area (Å²) in [6, 6.07) is 1.41. The summed E-state index contributed by atoms with van der Waals surface area (Å²) in [7, 11) is -2.73. The molecule has 0 aliphatic rings. The molecule has 0 radical (unpaired) electrons. The van der Waals surface area contributed by atoms with E-state index in [-0.39, 0.29) is 6.54 Å². The standard InChI is InChI=1S/C10H10F2N2O2S/c1-3-4-14(2)17(15,16)7-5-8(11)10(12)9(13)6-7/h1,5-6H,4,13H2,2H3. The SMILES string of the molecule is C#CCN(C)S(=O)(=O)c1cc(N)c(F)c(F)c1. The lowest BCUT2D eigenvalue weighted by Gasteiger charge is -2.14. The van der Waals surface area contributed by atoms with E-state index in [0.29, 0.717) is 6.07 Å². The first-order valence-corrected chi connectivity index (χ1v) is 5.89. The third-order valence-electron chi connectivity index (χ3n) is 2.05. The highest BCUT2D eigenvalue weighted by molar-refractivity contribution is 7.89. The summed E-state index contributed by atoms with van der Waals surface area (Å²) in [5.41, 5.74) is 4.58. The summed E-state index contributed by atoms with van der Waals surface area (Å²) in [6.07, 6.45) is 4.97. The number of benzene rings is 1. The van der Waals surface area contributed by atoms with Crippen LogP contribution in [0.5, 0.6) is 0 Å². The third kappa shape index (κ3) is 2.54. The van der Waals surface area contributed by atoms with Crippen LogP contribution in [0.15, 0.2) is 17.0 Å². The molecule has 7 heteroatoms. The lowest BCUT2D eigenvalue weighted by atomic mass is 10.3. The summed E-state index contributed by atoms with van der Waals surface area (Å²) >= 11 is 0. The molecule has 0 heterocycles. The second kappa shape index (κ2) is 4.69. The molecule has 0 aliphatic carbocycles. The molecule has 0 saturated heterocycles. The van der Waals surface area contributed by atoms with Gasteiger partial charge in [0.2, 0.25) is 10.0 Å². The maximum Gasteiger partial charge on any atom is 0.243 e. The molecule has 0 fully saturated rings. The molecule has 0 atom stereocenters. The van der Waals surface area contributed by atoms with Crippen LogP contribution in [0.4, 0.5) is 14.5 Å². The predicted octanol–water partition coefficient (Wildman–Crippen LogP) is 0.801. The average Bonchev–Trinajstić information content (AvgIpc) is 2.25. The van der Waals surface area contributed by atoms with Gasteiger partial charge in [-0.1, -0.05) is 5.92 Å². The summed E-state index contributed by atoms with van der Waals surface area (Å²) in [5, 5.41) is 0. The molecule has 92 valence electrons. The first-order valence-electron chi connectivity index (χ1n) is 4.45. The van der Waals surface area contributed by atoms with Gasteiger partial charge in [-0.05, 0) is 12.1 Å². The van der Waals surface area contributed by atoms with Gasteiger partial charge in [0.1, 0.15) is 0 Å². The molecule has 0 bridgehead atoms. The van der Waals surface area contributed by atoms with Crippen LogP contribution in [0.25, 0.3) is 0 Å². The van der Waals surface area contributed by atoms with Crippen molar-refractivity contribution in [3.05, 3.63) is 23.8 Å². The van der Waals surface area contributed by atoms with Crippen LogP contribution in [0, 0.1) is 24.0 Å². The van der Waals surface area contributed by atoms with Crippen LogP contribution < -0.4 is 5.73 Å². The topological polar surface area (TPSA) is 63.4 Å². The van der Waals surface area contributed by atoms with Gasteiger partial charge in [0, 0.05) is 7.05 Å². The average molecular weight is 260 g/mol. The fraction of sp³-hybridized carbons (Fsp3) is 0.200. The Labute approximate surface area is 98.1 Å². The Morgan fingerprint density at radius 3 is 2.53 bits per heavy atom. The normalized spacial score (nSPS) is 11.5. The number of nitrogen functional groups attached to an aromatic ring is 1. The molecule has 1 aromatic carbocycles. The van der Waals surface area contributed by atoms with Gasteiger partial charge in [-0.3, -0.25) is 0 Å². The molecule has 17 heavy (non-hydrogen) atoms. The monoisotopic (exact) mass is 260 g/mol. The van der Waals surface area contributed by atoms with Gasteiger partial charge in [-0.15, -0.1) is 6.42 Å². The number of hydrogen-bond acceptors (Lipinski definition) is 3. The first-order chi connectivity index (χ1) is 7.80. The number of nitrogens with two attached hydrogens (primary N) is 1. The number of halogens is 2. The van der Waals surface area contributed by atoms with Gasteiger partial charge in [0.05, 0.1) is 17.1 Å². The number of terminal acetylenes is 1. The molecule has 0 unspecified atom stereocenters. The number of nitrogens with zero attached hydrogens (tertiary/aromatic N) is 1. The number of rotatable bonds is 3.